The first-order valence-electron chi connectivity index (χ1n) is 7.08. The molecule has 0 aliphatic carbocycles. The highest BCUT2D eigenvalue weighted by atomic mass is 16.6. The van der Waals surface area contributed by atoms with Crippen molar-refractivity contribution < 1.29 is 19.6 Å². The van der Waals surface area contributed by atoms with Gasteiger partial charge in [-0.3, -0.25) is 10.1 Å². The maximum atomic E-state index is 11.4. The minimum atomic E-state index is -1.14. The van der Waals surface area contributed by atoms with E-state index in [-0.39, 0.29) is 16.9 Å². The first-order chi connectivity index (χ1) is 11.4. The van der Waals surface area contributed by atoms with Crippen LogP contribution in [0.2, 0.25) is 0 Å². The van der Waals surface area contributed by atoms with Crippen molar-refractivity contribution in [3.8, 4) is 16.9 Å². The van der Waals surface area contributed by atoms with Crippen LogP contribution < -0.4 is 4.74 Å². The van der Waals surface area contributed by atoms with Crippen LogP contribution in [0.1, 0.15) is 10.5 Å². The Morgan fingerprint density at radius 1 is 1.21 bits per heavy atom. The molecular formula is C17H14N2O5. The number of non-ortho nitro benzene ring substituents is 1. The van der Waals surface area contributed by atoms with E-state index >= 15 is 0 Å². The smallest absolute Gasteiger partial charge is 0.352 e. The number of aromatic nitrogens is 1. The second-order valence-corrected chi connectivity index (χ2v) is 5.27. The highest BCUT2D eigenvalue weighted by Gasteiger charge is 2.23. The number of nitro groups is 1. The van der Waals surface area contributed by atoms with Gasteiger partial charge in [-0.05, 0) is 35.4 Å². The number of nitrogens with zero attached hydrogens (tertiary/aromatic N) is 2. The Morgan fingerprint density at radius 3 is 2.42 bits per heavy atom. The lowest BCUT2D eigenvalue weighted by Gasteiger charge is -2.07. The third kappa shape index (κ3) is 2.36. The van der Waals surface area contributed by atoms with E-state index in [0.29, 0.717) is 11.1 Å². The van der Waals surface area contributed by atoms with Gasteiger partial charge in [-0.1, -0.05) is 12.1 Å². The molecule has 0 spiro atoms. The van der Waals surface area contributed by atoms with Gasteiger partial charge in [-0.25, -0.2) is 4.79 Å². The van der Waals surface area contributed by atoms with E-state index in [0.717, 1.165) is 11.1 Å². The number of hydrogen-bond acceptors (Lipinski definition) is 4. The van der Waals surface area contributed by atoms with Crippen molar-refractivity contribution in [3.05, 3.63) is 58.3 Å². The number of carboxylic acid groups (broad SMARTS) is 1. The maximum Gasteiger partial charge on any atom is 0.352 e. The third-order valence-corrected chi connectivity index (χ3v) is 3.99. The van der Waals surface area contributed by atoms with Gasteiger partial charge in [-0.2, -0.15) is 0 Å². The molecule has 0 amide bonds. The predicted molar refractivity (Wildman–Crippen MR) is 88.5 cm³/mol. The van der Waals surface area contributed by atoms with Crippen molar-refractivity contribution in [2.75, 3.05) is 7.11 Å². The van der Waals surface area contributed by atoms with E-state index in [4.69, 9.17) is 4.74 Å². The second kappa shape index (κ2) is 5.69. The number of ether oxygens (including phenoxy) is 1. The highest BCUT2D eigenvalue weighted by Crippen LogP contribution is 2.36. The minimum absolute atomic E-state index is 0.00550. The molecule has 0 radical (unpaired) electrons. The zero-order chi connectivity index (χ0) is 17.4. The SMILES string of the molecule is COc1ccc(-c2ccc([N+](=O)[O-])c3c2cc(C(=O)O)n3C)cc1. The molecule has 122 valence electrons. The number of hydrogen-bond donors (Lipinski definition) is 1. The molecule has 1 heterocycles. The number of aromatic carboxylic acids is 1. The molecule has 24 heavy (non-hydrogen) atoms. The average molecular weight is 326 g/mol. The van der Waals surface area contributed by atoms with Gasteiger partial charge in [-0.15, -0.1) is 0 Å². The van der Waals surface area contributed by atoms with Crippen LogP contribution in [-0.4, -0.2) is 27.7 Å². The number of aryl methyl sites for hydroxylation is 1. The summed E-state index contributed by atoms with van der Waals surface area (Å²) in [6.07, 6.45) is 0. The molecule has 2 aromatic carbocycles. The molecule has 0 saturated carbocycles. The Balaban J connectivity index is 2.33. The molecule has 0 bridgehead atoms. The first kappa shape index (κ1) is 15.5. The fraction of sp³-hybridized carbons (Fsp3) is 0.118. The number of benzene rings is 2. The Kier molecular flexibility index (Phi) is 3.69. The Bertz CT molecular complexity index is 957. The van der Waals surface area contributed by atoms with Crippen LogP contribution in [0.3, 0.4) is 0 Å². The molecule has 3 rings (SSSR count). The van der Waals surface area contributed by atoms with Crippen molar-refractivity contribution in [3.63, 3.8) is 0 Å². The molecule has 0 saturated heterocycles. The number of carbonyl (C=O) groups is 1. The predicted octanol–water partition coefficient (Wildman–Crippen LogP) is 3.46. The number of fused-ring (bicyclic) bond motifs is 1. The summed E-state index contributed by atoms with van der Waals surface area (Å²) in [6, 6.07) is 11.7. The summed E-state index contributed by atoms with van der Waals surface area (Å²) in [5.74, 6) is -0.445. The van der Waals surface area contributed by atoms with Crippen molar-refractivity contribution >= 4 is 22.6 Å². The number of rotatable bonds is 4. The summed E-state index contributed by atoms with van der Waals surface area (Å²) in [6.45, 7) is 0. The van der Waals surface area contributed by atoms with Crippen molar-refractivity contribution in [1.29, 1.82) is 0 Å². The molecule has 7 nitrogen and oxygen atoms in total. The van der Waals surface area contributed by atoms with Crippen LogP contribution in [0, 0.1) is 10.1 Å². The van der Waals surface area contributed by atoms with Crippen molar-refractivity contribution in [1.82, 2.24) is 4.57 Å². The molecule has 0 unspecified atom stereocenters. The van der Waals surface area contributed by atoms with Crippen molar-refractivity contribution in [2.45, 2.75) is 0 Å². The van der Waals surface area contributed by atoms with Crippen LogP contribution in [0.5, 0.6) is 5.75 Å². The number of nitro benzene ring substituents is 1. The fourth-order valence-corrected chi connectivity index (χ4v) is 2.82. The summed E-state index contributed by atoms with van der Waals surface area (Å²) in [5, 5.41) is 21.1. The summed E-state index contributed by atoms with van der Waals surface area (Å²) < 4.78 is 6.46. The standard InChI is InChI=1S/C17H14N2O5/c1-18-15(17(20)21)9-13-12(7-8-14(16(13)18)19(22)23)10-3-5-11(24-2)6-4-10/h3-9H,1-2H3,(H,20,21). The van der Waals surface area contributed by atoms with Crippen molar-refractivity contribution in [2.24, 2.45) is 7.05 Å². The normalized spacial score (nSPS) is 10.8. The Labute approximate surface area is 136 Å². The summed E-state index contributed by atoms with van der Waals surface area (Å²) in [4.78, 5) is 22.2. The third-order valence-electron chi connectivity index (χ3n) is 3.99. The van der Waals surface area contributed by atoms with E-state index in [1.54, 1.807) is 25.3 Å². The lowest BCUT2D eigenvalue weighted by atomic mass is 10.0. The van der Waals surface area contributed by atoms with E-state index < -0.39 is 10.9 Å². The maximum absolute atomic E-state index is 11.4. The molecule has 0 fully saturated rings. The summed E-state index contributed by atoms with van der Waals surface area (Å²) >= 11 is 0. The van der Waals surface area contributed by atoms with Crippen LogP contribution in [-0.2, 0) is 7.05 Å². The molecular weight excluding hydrogens is 312 g/mol. The fourth-order valence-electron chi connectivity index (χ4n) is 2.82. The van der Waals surface area contributed by atoms with Gasteiger partial charge in [0.25, 0.3) is 5.69 Å². The molecule has 0 atom stereocenters. The van der Waals surface area contributed by atoms with Crippen LogP contribution in [0.15, 0.2) is 42.5 Å². The van der Waals surface area contributed by atoms with Crippen LogP contribution >= 0.6 is 0 Å². The summed E-state index contributed by atoms with van der Waals surface area (Å²) in [7, 11) is 3.08. The molecule has 7 heteroatoms. The Morgan fingerprint density at radius 2 is 1.88 bits per heavy atom. The number of methoxy groups -OCH3 is 1. The van der Waals surface area contributed by atoms with Gasteiger partial charge in [0.1, 0.15) is 17.0 Å². The first-order valence-corrected chi connectivity index (χ1v) is 7.08. The van der Waals surface area contributed by atoms with Gasteiger partial charge in [0.15, 0.2) is 0 Å². The lowest BCUT2D eigenvalue weighted by Crippen LogP contribution is -2.04. The minimum Gasteiger partial charge on any atom is -0.497 e. The van der Waals surface area contributed by atoms with Gasteiger partial charge in [0, 0.05) is 18.5 Å². The second-order valence-electron chi connectivity index (χ2n) is 5.27. The highest BCUT2D eigenvalue weighted by molar-refractivity contribution is 6.05. The zero-order valence-corrected chi connectivity index (χ0v) is 13.0. The quantitative estimate of drug-likeness (QED) is 0.585. The number of carboxylic acids is 1. The molecule has 1 aromatic heterocycles. The lowest BCUT2D eigenvalue weighted by molar-refractivity contribution is -0.383. The molecule has 1 N–H and O–H groups in total. The van der Waals surface area contributed by atoms with Gasteiger partial charge in [0.2, 0.25) is 0 Å². The van der Waals surface area contributed by atoms with Gasteiger partial charge >= 0.3 is 5.97 Å². The van der Waals surface area contributed by atoms with E-state index in [9.17, 15) is 20.0 Å². The Hall–Kier alpha value is -3.35. The van der Waals surface area contributed by atoms with Gasteiger partial charge < -0.3 is 14.4 Å². The topological polar surface area (TPSA) is 94.6 Å². The van der Waals surface area contributed by atoms with E-state index in [2.05, 4.69) is 0 Å². The summed E-state index contributed by atoms with van der Waals surface area (Å²) in [5.41, 5.74) is 1.69. The van der Waals surface area contributed by atoms with Crippen LogP contribution in [0.25, 0.3) is 22.0 Å². The molecule has 0 aliphatic rings. The van der Waals surface area contributed by atoms with Gasteiger partial charge in [0.05, 0.1) is 12.0 Å². The van der Waals surface area contributed by atoms with Crippen LogP contribution in [0.4, 0.5) is 5.69 Å². The van der Waals surface area contributed by atoms with E-state index in [1.807, 2.05) is 12.1 Å². The zero-order valence-electron chi connectivity index (χ0n) is 13.0. The monoisotopic (exact) mass is 326 g/mol. The molecule has 3 aromatic rings. The van der Waals surface area contributed by atoms with E-state index in [1.165, 1.54) is 23.7 Å². The molecule has 0 aliphatic heterocycles. The average Bonchev–Trinajstić information content (AvgIpc) is 2.92. The largest absolute Gasteiger partial charge is 0.497 e.